The molecule has 0 saturated heterocycles. The summed E-state index contributed by atoms with van der Waals surface area (Å²) < 4.78 is 32.3. The molecule has 0 aliphatic rings. The molecule has 0 spiro atoms. The van der Waals surface area contributed by atoms with E-state index in [9.17, 15) is 8.78 Å². The molecule has 2 rings (SSSR count). The van der Waals surface area contributed by atoms with Gasteiger partial charge in [0, 0.05) is 10.6 Å². The number of methoxy groups -OCH3 is 1. The first-order chi connectivity index (χ1) is 9.56. The molecule has 0 aromatic heterocycles. The molecule has 0 heterocycles. The van der Waals surface area contributed by atoms with E-state index in [0.717, 1.165) is 0 Å². The normalized spacial score (nSPS) is 12.2. The zero-order valence-electron chi connectivity index (χ0n) is 10.7. The minimum Gasteiger partial charge on any atom is -0.494 e. The molecule has 3 N–H and O–H groups in total. The van der Waals surface area contributed by atoms with Crippen LogP contribution < -0.4 is 16.0 Å². The Morgan fingerprint density at radius 1 is 1.15 bits per heavy atom. The van der Waals surface area contributed by atoms with Crippen LogP contribution in [-0.2, 0) is 0 Å². The maximum Gasteiger partial charge on any atom is 0.165 e. The quantitative estimate of drug-likeness (QED) is 0.673. The lowest BCUT2D eigenvalue weighted by atomic mass is 9.98. The summed E-state index contributed by atoms with van der Waals surface area (Å²) in [7, 11) is 1.36. The Kier molecular flexibility index (Phi) is 4.54. The minimum absolute atomic E-state index is 0.0668. The van der Waals surface area contributed by atoms with Crippen molar-refractivity contribution in [2.45, 2.75) is 6.04 Å². The first kappa shape index (κ1) is 14.7. The van der Waals surface area contributed by atoms with E-state index in [1.54, 1.807) is 6.07 Å². The van der Waals surface area contributed by atoms with Gasteiger partial charge >= 0.3 is 0 Å². The van der Waals surface area contributed by atoms with Gasteiger partial charge in [0.05, 0.1) is 13.2 Å². The number of hydrogen-bond donors (Lipinski definition) is 2. The van der Waals surface area contributed by atoms with Crippen LogP contribution in [0.1, 0.15) is 17.2 Å². The first-order valence-corrected chi connectivity index (χ1v) is 6.19. The van der Waals surface area contributed by atoms with E-state index in [0.29, 0.717) is 16.1 Å². The molecule has 0 aliphatic heterocycles. The zero-order valence-corrected chi connectivity index (χ0v) is 11.4. The van der Waals surface area contributed by atoms with Crippen molar-refractivity contribution < 1.29 is 13.5 Å². The summed E-state index contributed by atoms with van der Waals surface area (Å²) in [4.78, 5) is 0. The Morgan fingerprint density at radius 3 is 2.50 bits per heavy atom. The maximum atomic E-state index is 13.9. The number of nitrogens with two attached hydrogens (primary N) is 1. The van der Waals surface area contributed by atoms with Crippen LogP contribution in [0.15, 0.2) is 36.4 Å². The van der Waals surface area contributed by atoms with Gasteiger partial charge < -0.3 is 4.74 Å². The van der Waals surface area contributed by atoms with Crippen LogP contribution in [0, 0.1) is 11.6 Å². The van der Waals surface area contributed by atoms with Crippen molar-refractivity contribution in [3.63, 3.8) is 0 Å². The second-order valence-corrected chi connectivity index (χ2v) is 4.60. The van der Waals surface area contributed by atoms with Crippen molar-refractivity contribution in [1.82, 2.24) is 5.43 Å². The fraction of sp³-hybridized carbons (Fsp3) is 0.143. The molecule has 3 nitrogen and oxygen atoms in total. The maximum absolute atomic E-state index is 13.9. The third kappa shape index (κ3) is 2.90. The second-order valence-electron chi connectivity index (χ2n) is 4.16. The van der Waals surface area contributed by atoms with E-state index in [4.69, 9.17) is 22.2 Å². The van der Waals surface area contributed by atoms with Gasteiger partial charge in [-0.05, 0) is 29.8 Å². The van der Waals surface area contributed by atoms with E-state index in [1.165, 1.54) is 37.4 Å². The van der Waals surface area contributed by atoms with Crippen LogP contribution >= 0.6 is 11.6 Å². The predicted molar refractivity (Wildman–Crippen MR) is 73.5 cm³/mol. The fourth-order valence-electron chi connectivity index (χ4n) is 1.96. The molecule has 6 heteroatoms. The number of ether oxygens (including phenoxy) is 1. The Morgan fingerprint density at radius 2 is 1.90 bits per heavy atom. The van der Waals surface area contributed by atoms with E-state index in [-0.39, 0.29) is 5.75 Å². The third-order valence-electron chi connectivity index (χ3n) is 2.95. The Labute approximate surface area is 120 Å². The molecule has 0 fully saturated rings. The smallest absolute Gasteiger partial charge is 0.165 e. The van der Waals surface area contributed by atoms with Crippen molar-refractivity contribution in [2.24, 2.45) is 5.84 Å². The highest BCUT2D eigenvalue weighted by Gasteiger charge is 2.18. The average Bonchev–Trinajstić information content (AvgIpc) is 2.43. The second kappa shape index (κ2) is 6.17. The van der Waals surface area contributed by atoms with Gasteiger partial charge in [0.25, 0.3) is 0 Å². The molecule has 0 aliphatic carbocycles. The number of hydrogen-bond acceptors (Lipinski definition) is 3. The standard InChI is InChI=1S/C14H13ClF2N2O/c1-20-13-6-8(2-5-11(13)16)14(19-18)10-4-3-9(15)7-12(10)17/h2-7,14,19H,18H2,1H3. The highest BCUT2D eigenvalue weighted by Crippen LogP contribution is 2.29. The number of rotatable bonds is 4. The molecule has 20 heavy (non-hydrogen) atoms. The van der Waals surface area contributed by atoms with Gasteiger partial charge in [-0.2, -0.15) is 0 Å². The molecule has 1 atom stereocenters. The van der Waals surface area contributed by atoms with Crippen molar-refractivity contribution >= 4 is 11.6 Å². The summed E-state index contributed by atoms with van der Waals surface area (Å²) in [6.07, 6.45) is 0. The first-order valence-electron chi connectivity index (χ1n) is 5.81. The predicted octanol–water partition coefficient (Wildman–Crippen LogP) is 3.18. The third-order valence-corrected chi connectivity index (χ3v) is 3.18. The van der Waals surface area contributed by atoms with Gasteiger partial charge in [0.2, 0.25) is 0 Å². The number of nitrogens with one attached hydrogen (secondary N) is 1. The van der Waals surface area contributed by atoms with Crippen LogP contribution in [0.4, 0.5) is 8.78 Å². The lowest BCUT2D eigenvalue weighted by molar-refractivity contribution is 0.385. The zero-order chi connectivity index (χ0) is 14.7. The Balaban J connectivity index is 2.46. The van der Waals surface area contributed by atoms with Crippen molar-refractivity contribution in [3.05, 3.63) is 64.2 Å². The molecule has 2 aromatic rings. The number of hydrazine groups is 1. The lowest BCUT2D eigenvalue weighted by Crippen LogP contribution is -2.29. The molecule has 0 bridgehead atoms. The summed E-state index contributed by atoms with van der Waals surface area (Å²) in [5.41, 5.74) is 3.39. The van der Waals surface area contributed by atoms with Crippen LogP contribution in [-0.4, -0.2) is 7.11 Å². The van der Waals surface area contributed by atoms with E-state index >= 15 is 0 Å². The average molecular weight is 299 g/mol. The molecular weight excluding hydrogens is 286 g/mol. The SMILES string of the molecule is COc1cc(C(NN)c2ccc(Cl)cc2F)ccc1F. The highest BCUT2D eigenvalue weighted by molar-refractivity contribution is 6.30. The Bertz CT molecular complexity index is 622. The van der Waals surface area contributed by atoms with Crippen molar-refractivity contribution in [3.8, 4) is 5.75 Å². The molecule has 0 amide bonds. The Hall–Kier alpha value is -1.69. The topological polar surface area (TPSA) is 47.3 Å². The summed E-state index contributed by atoms with van der Waals surface area (Å²) in [6.45, 7) is 0. The number of benzene rings is 2. The molecular formula is C14H13ClF2N2O. The van der Waals surface area contributed by atoms with Crippen LogP contribution in [0.5, 0.6) is 5.75 Å². The van der Waals surface area contributed by atoms with Gasteiger partial charge in [-0.3, -0.25) is 5.84 Å². The molecule has 2 aromatic carbocycles. The van der Waals surface area contributed by atoms with Gasteiger partial charge in [-0.15, -0.1) is 0 Å². The van der Waals surface area contributed by atoms with Gasteiger partial charge in [0.15, 0.2) is 11.6 Å². The molecule has 1 unspecified atom stereocenters. The van der Waals surface area contributed by atoms with E-state index in [1.807, 2.05) is 0 Å². The number of halogens is 3. The van der Waals surface area contributed by atoms with Gasteiger partial charge in [-0.1, -0.05) is 23.7 Å². The summed E-state index contributed by atoms with van der Waals surface area (Å²) in [5, 5.41) is 0.290. The van der Waals surface area contributed by atoms with Gasteiger partial charge in [-0.25, -0.2) is 14.2 Å². The van der Waals surface area contributed by atoms with E-state index in [2.05, 4.69) is 5.43 Å². The summed E-state index contributed by atoms with van der Waals surface area (Å²) >= 11 is 5.72. The molecule has 0 saturated carbocycles. The van der Waals surface area contributed by atoms with Gasteiger partial charge in [0.1, 0.15) is 5.82 Å². The fourth-order valence-corrected chi connectivity index (χ4v) is 2.12. The largest absolute Gasteiger partial charge is 0.494 e. The van der Waals surface area contributed by atoms with Crippen LogP contribution in [0.25, 0.3) is 0 Å². The lowest BCUT2D eigenvalue weighted by Gasteiger charge is -2.18. The highest BCUT2D eigenvalue weighted by atomic mass is 35.5. The van der Waals surface area contributed by atoms with Crippen LogP contribution in [0.2, 0.25) is 5.02 Å². The van der Waals surface area contributed by atoms with Crippen molar-refractivity contribution in [2.75, 3.05) is 7.11 Å². The van der Waals surface area contributed by atoms with E-state index < -0.39 is 17.7 Å². The summed E-state index contributed by atoms with van der Waals surface area (Å²) in [5.74, 6) is 4.56. The molecule has 106 valence electrons. The minimum atomic E-state index is -0.637. The monoisotopic (exact) mass is 298 g/mol. The van der Waals surface area contributed by atoms with Crippen LogP contribution in [0.3, 0.4) is 0 Å². The molecule has 0 radical (unpaired) electrons. The summed E-state index contributed by atoms with van der Waals surface area (Å²) in [6, 6.07) is 7.86. The van der Waals surface area contributed by atoms with Crippen molar-refractivity contribution in [1.29, 1.82) is 0 Å².